The molecule has 2 aromatic carbocycles. The molecule has 0 aliphatic rings. The fourth-order valence-corrected chi connectivity index (χ4v) is 5.13. The fourth-order valence-electron chi connectivity index (χ4n) is 4.41. The minimum Gasteiger partial charge on any atom is -0.494 e. The maximum atomic E-state index is 13.1. The summed E-state index contributed by atoms with van der Waals surface area (Å²) in [7, 11) is 0. The van der Waals surface area contributed by atoms with Gasteiger partial charge in [0.15, 0.2) is 22.8 Å². The Balaban J connectivity index is 1.17. The highest BCUT2D eigenvalue weighted by molar-refractivity contribution is 7.14. The Morgan fingerprint density at radius 2 is 1.58 bits per heavy atom. The van der Waals surface area contributed by atoms with Gasteiger partial charge >= 0.3 is 5.97 Å². The second-order valence-corrected chi connectivity index (χ2v) is 10.2. The van der Waals surface area contributed by atoms with Gasteiger partial charge in [0.25, 0.3) is 5.91 Å². The van der Waals surface area contributed by atoms with Crippen LogP contribution in [0.2, 0.25) is 0 Å². The third kappa shape index (κ3) is 6.02. The summed E-state index contributed by atoms with van der Waals surface area (Å²) in [5.41, 5.74) is 3.83. The summed E-state index contributed by atoms with van der Waals surface area (Å²) in [6.07, 6.45) is 2.36. The number of carbonyl (C=O) groups excluding carboxylic acids is 2. The lowest BCUT2D eigenvalue weighted by molar-refractivity contribution is -0.124. The highest BCUT2D eigenvalue weighted by Gasteiger charge is 2.24. The number of rotatable bonds is 10. The van der Waals surface area contributed by atoms with Crippen molar-refractivity contribution in [2.45, 2.75) is 26.4 Å². The van der Waals surface area contributed by atoms with Gasteiger partial charge in [-0.05, 0) is 80.1 Å². The first-order valence-corrected chi connectivity index (χ1v) is 14.5. The van der Waals surface area contributed by atoms with Crippen molar-refractivity contribution >= 4 is 39.4 Å². The second kappa shape index (κ2) is 12.3. The van der Waals surface area contributed by atoms with Crippen molar-refractivity contribution in [3.05, 3.63) is 90.2 Å². The molecule has 0 fully saturated rings. The summed E-state index contributed by atoms with van der Waals surface area (Å²) < 4.78 is 22.2. The van der Waals surface area contributed by atoms with Crippen molar-refractivity contribution in [1.29, 1.82) is 0 Å². The quantitative estimate of drug-likeness (QED) is 0.163. The van der Waals surface area contributed by atoms with Gasteiger partial charge in [-0.3, -0.25) is 10.1 Å². The average Bonchev–Trinajstić information content (AvgIpc) is 3.83. The molecular formula is C32H26N4O6S. The molecule has 4 aromatic heterocycles. The van der Waals surface area contributed by atoms with E-state index >= 15 is 0 Å². The average molecular weight is 595 g/mol. The molecule has 11 heteroatoms. The van der Waals surface area contributed by atoms with E-state index in [0.717, 1.165) is 17.0 Å². The number of carbonyl (C=O) groups is 2. The third-order valence-corrected chi connectivity index (χ3v) is 7.27. The minimum absolute atomic E-state index is 0.233. The van der Waals surface area contributed by atoms with Crippen LogP contribution in [0.25, 0.3) is 45.2 Å². The van der Waals surface area contributed by atoms with Crippen molar-refractivity contribution in [2.24, 2.45) is 0 Å². The lowest BCUT2D eigenvalue weighted by atomic mass is 10.1. The molecule has 1 N–H and O–H groups in total. The first kappa shape index (κ1) is 27.9. The van der Waals surface area contributed by atoms with E-state index in [-0.39, 0.29) is 12.0 Å². The number of nitrogens with one attached hydrogen (secondary N) is 1. The van der Waals surface area contributed by atoms with Gasteiger partial charge in [-0.1, -0.05) is 6.92 Å². The number of fused-ring (bicyclic) bond motifs is 1. The van der Waals surface area contributed by atoms with Crippen LogP contribution in [0.1, 0.15) is 30.6 Å². The molecule has 0 radical (unpaired) electrons. The molecule has 0 saturated carbocycles. The molecule has 6 aromatic rings. The van der Waals surface area contributed by atoms with Crippen LogP contribution in [-0.2, 0) is 9.53 Å². The van der Waals surface area contributed by atoms with Gasteiger partial charge in [-0.15, -0.1) is 11.3 Å². The molecule has 43 heavy (non-hydrogen) atoms. The fraction of sp³-hybridized carbons (Fsp3) is 0.156. The first-order valence-electron chi connectivity index (χ1n) is 13.6. The van der Waals surface area contributed by atoms with Gasteiger partial charge < -0.3 is 18.3 Å². The molecule has 6 rings (SSSR count). The molecule has 216 valence electrons. The van der Waals surface area contributed by atoms with Crippen molar-refractivity contribution in [2.75, 3.05) is 11.9 Å². The maximum absolute atomic E-state index is 13.1. The van der Waals surface area contributed by atoms with E-state index in [4.69, 9.17) is 28.3 Å². The monoisotopic (exact) mass is 594 g/mol. The predicted octanol–water partition coefficient (Wildman–Crippen LogP) is 7.25. The van der Waals surface area contributed by atoms with Gasteiger partial charge in [-0.2, -0.15) is 0 Å². The van der Waals surface area contributed by atoms with Crippen LogP contribution in [0.5, 0.6) is 5.75 Å². The number of nitrogens with zero attached hydrogens (tertiary/aromatic N) is 3. The second-order valence-electron chi connectivity index (χ2n) is 9.37. The van der Waals surface area contributed by atoms with Crippen LogP contribution in [0, 0.1) is 0 Å². The van der Waals surface area contributed by atoms with Gasteiger partial charge in [0, 0.05) is 10.9 Å². The summed E-state index contributed by atoms with van der Waals surface area (Å²) in [5.74, 6) is 0.691. The molecule has 1 atom stereocenters. The number of anilines is 1. The van der Waals surface area contributed by atoms with E-state index in [9.17, 15) is 9.59 Å². The SMILES string of the molecule is CCOc1ccc(-c2csc(NC(=O)C(CC)OC(=O)c3ccc4nc(-c5ccco5)c(-c5ccco5)nc4c3)n2)cc1. The van der Waals surface area contributed by atoms with Crippen molar-refractivity contribution in [3.8, 4) is 39.9 Å². The Hall–Kier alpha value is -5.29. The molecule has 4 heterocycles. The predicted molar refractivity (Wildman–Crippen MR) is 162 cm³/mol. The highest BCUT2D eigenvalue weighted by atomic mass is 32.1. The van der Waals surface area contributed by atoms with Crippen molar-refractivity contribution < 1.29 is 27.9 Å². The third-order valence-electron chi connectivity index (χ3n) is 6.52. The normalized spacial score (nSPS) is 11.8. The Labute approximate surface area is 250 Å². The van der Waals surface area contributed by atoms with Crippen molar-refractivity contribution in [3.63, 3.8) is 0 Å². The highest BCUT2D eigenvalue weighted by Crippen LogP contribution is 2.32. The minimum atomic E-state index is -1.02. The van der Waals surface area contributed by atoms with Crippen LogP contribution in [-0.4, -0.2) is 39.5 Å². The van der Waals surface area contributed by atoms with Gasteiger partial charge in [0.2, 0.25) is 0 Å². The standard InChI is InChI=1S/C32H26N4O6S/c1-3-25(30(37)36-32-35-24(18-43-32)19-9-12-21(13-10-19)39-4-2)42-31(38)20-11-14-22-23(17-20)34-29(27-8-6-16-41-27)28(33-22)26-7-5-15-40-26/h5-18,25H,3-4H2,1-2H3,(H,35,36,37). The maximum Gasteiger partial charge on any atom is 0.338 e. The lowest BCUT2D eigenvalue weighted by Gasteiger charge is -2.15. The molecule has 1 amide bonds. The van der Waals surface area contributed by atoms with Crippen LogP contribution >= 0.6 is 11.3 Å². The number of benzene rings is 2. The summed E-state index contributed by atoms with van der Waals surface area (Å²) in [4.78, 5) is 40.1. The van der Waals surface area contributed by atoms with E-state index in [1.165, 1.54) is 11.3 Å². The summed E-state index contributed by atoms with van der Waals surface area (Å²) in [6, 6.07) is 19.5. The van der Waals surface area contributed by atoms with E-state index in [0.29, 0.717) is 45.7 Å². The van der Waals surface area contributed by atoms with Gasteiger partial charge in [0.05, 0.1) is 41.4 Å². The topological polar surface area (TPSA) is 130 Å². The Kier molecular flexibility index (Phi) is 7.96. The first-order chi connectivity index (χ1) is 21.0. The summed E-state index contributed by atoms with van der Waals surface area (Å²) in [6.45, 7) is 4.28. The summed E-state index contributed by atoms with van der Waals surface area (Å²) >= 11 is 1.29. The number of furan rings is 2. The van der Waals surface area contributed by atoms with Gasteiger partial charge in [-0.25, -0.2) is 19.7 Å². The van der Waals surface area contributed by atoms with Crippen LogP contribution in [0.4, 0.5) is 5.13 Å². The molecule has 0 spiro atoms. The largest absolute Gasteiger partial charge is 0.494 e. The van der Waals surface area contributed by atoms with Crippen molar-refractivity contribution in [1.82, 2.24) is 15.0 Å². The molecule has 0 bridgehead atoms. The zero-order valence-corrected chi connectivity index (χ0v) is 24.1. The van der Waals surface area contributed by atoms with Crippen LogP contribution in [0.3, 0.4) is 0 Å². The molecule has 1 unspecified atom stereocenters. The van der Waals surface area contributed by atoms with E-state index < -0.39 is 18.0 Å². The number of hydrogen-bond donors (Lipinski definition) is 1. The van der Waals surface area contributed by atoms with Crippen LogP contribution < -0.4 is 10.1 Å². The zero-order valence-electron chi connectivity index (χ0n) is 23.3. The number of hydrogen-bond acceptors (Lipinski definition) is 10. The smallest absolute Gasteiger partial charge is 0.338 e. The molecule has 0 aliphatic heterocycles. The Morgan fingerprint density at radius 3 is 2.21 bits per heavy atom. The van der Waals surface area contributed by atoms with E-state index in [1.807, 2.05) is 36.6 Å². The number of aromatic nitrogens is 3. The number of esters is 1. The molecular weight excluding hydrogens is 568 g/mol. The Bertz CT molecular complexity index is 1860. The van der Waals surface area contributed by atoms with E-state index in [2.05, 4.69) is 10.3 Å². The summed E-state index contributed by atoms with van der Waals surface area (Å²) in [5, 5.41) is 5.02. The molecule has 10 nitrogen and oxygen atoms in total. The Morgan fingerprint density at radius 1 is 0.884 bits per heavy atom. The number of amides is 1. The number of ether oxygens (including phenoxy) is 2. The zero-order chi connectivity index (χ0) is 29.8. The lowest BCUT2D eigenvalue weighted by Crippen LogP contribution is -2.32. The van der Waals surface area contributed by atoms with E-state index in [1.54, 1.807) is 61.9 Å². The van der Waals surface area contributed by atoms with Crippen LogP contribution in [0.15, 0.2) is 93.5 Å². The van der Waals surface area contributed by atoms with Gasteiger partial charge in [0.1, 0.15) is 17.1 Å². The number of thiazole rings is 1. The molecule has 0 saturated heterocycles. The molecule has 0 aliphatic carbocycles.